The topological polar surface area (TPSA) is 76.5 Å². The predicted molar refractivity (Wildman–Crippen MR) is 95.4 cm³/mol. The molecule has 1 aliphatic rings. The Hall–Kier alpha value is -2.93. The number of morpholine rings is 1. The van der Waals surface area contributed by atoms with E-state index < -0.39 is 11.2 Å². The molecule has 0 unspecified atom stereocenters. The van der Waals surface area contributed by atoms with Crippen molar-refractivity contribution in [3.8, 4) is 5.69 Å². The number of allylic oxidation sites excluding steroid dienone is 1. The zero-order valence-electron chi connectivity index (χ0n) is 14.0. The van der Waals surface area contributed by atoms with Gasteiger partial charge in [0.15, 0.2) is 5.69 Å². The van der Waals surface area contributed by atoms with Gasteiger partial charge in [-0.1, -0.05) is 12.1 Å². The monoisotopic (exact) mass is 340 g/mol. The highest BCUT2D eigenvalue weighted by atomic mass is 16.5. The van der Waals surface area contributed by atoms with E-state index in [1.54, 1.807) is 17.9 Å². The average Bonchev–Trinajstić information content (AvgIpc) is 2.67. The van der Waals surface area contributed by atoms with Gasteiger partial charge in [0.05, 0.1) is 24.6 Å². The van der Waals surface area contributed by atoms with Crippen LogP contribution in [0.2, 0.25) is 0 Å². The maximum Gasteiger partial charge on any atom is 0.211 e. The third kappa shape index (κ3) is 3.77. The quantitative estimate of drug-likeness (QED) is 0.646. The first-order valence-corrected chi connectivity index (χ1v) is 8.11. The molecule has 130 valence electrons. The number of ether oxygens (including phenoxy) is 1. The van der Waals surface area contributed by atoms with Gasteiger partial charge in [0, 0.05) is 44.7 Å². The summed E-state index contributed by atoms with van der Waals surface area (Å²) in [5, 5.41) is 7.00. The Morgan fingerprint density at radius 2 is 1.92 bits per heavy atom. The largest absolute Gasteiger partial charge is 0.394 e. The van der Waals surface area contributed by atoms with Crippen molar-refractivity contribution < 1.29 is 9.53 Å². The van der Waals surface area contributed by atoms with Gasteiger partial charge < -0.3 is 15.0 Å². The third-order valence-electron chi connectivity index (χ3n) is 3.92. The molecule has 1 aliphatic heterocycles. The minimum Gasteiger partial charge on any atom is -0.394 e. The molecule has 3 rings (SSSR count). The molecule has 0 atom stereocenters. The molecule has 0 radical (unpaired) electrons. The van der Waals surface area contributed by atoms with Crippen LogP contribution in [0.3, 0.4) is 0 Å². The van der Waals surface area contributed by atoms with E-state index in [4.69, 9.17) is 4.74 Å². The Bertz CT molecular complexity index is 838. The molecule has 1 saturated heterocycles. The van der Waals surface area contributed by atoms with Gasteiger partial charge >= 0.3 is 0 Å². The van der Waals surface area contributed by atoms with E-state index >= 15 is 0 Å². The fraction of sp³-hybridized carbons (Fsp3) is 0.278. The predicted octanol–water partition coefficient (Wildman–Crippen LogP) is 0.985. The summed E-state index contributed by atoms with van der Waals surface area (Å²) in [4.78, 5) is 26.4. The van der Waals surface area contributed by atoms with Gasteiger partial charge in [0.2, 0.25) is 11.2 Å². The summed E-state index contributed by atoms with van der Waals surface area (Å²) in [5.74, 6) is -0.433. The number of ketones is 1. The number of nitrogens with one attached hydrogen (secondary N) is 1. The van der Waals surface area contributed by atoms with Crippen LogP contribution in [0.1, 0.15) is 10.5 Å². The molecule has 1 aromatic carbocycles. The van der Waals surface area contributed by atoms with Gasteiger partial charge in [-0.25, -0.2) is 4.68 Å². The fourth-order valence-electron chi connectivity index (χ4n) is 2.68. The molecular formula is C18H20N4O3. The first kappa shape index (κ1) is 16.9. The molecule has 0 bridgehead atoms. The molecule has 1 aromatic heterocycles. The molecule has 1 fully saturated rings. The first-order valence-electron chi connectivity index (χ1n) is 8.11. The SMILES string of the molecule is CN/C=C/C(=O)c1nn(-c2ccccc2N2CCOCC2)ccc1=O. The summed E-state index contributed by atoms with van der Waals surface area (Å²) in [5.41, 5.74) is 1.30. The van der Waals surface area contributed by atoms with Crippen LogP contribution in [-0.4, -0.2) is 48.9 Å². The number of carbonyl (C=O) groups is 1. The van der Waals surface area contributed by atoms with Crippen LogP contribution in [0.5, 0.6) is 0 Å². The Labute approximate surface area is 145 Å². The van der Waals surface area contributed by atoms with Gasteiger partial charge in [-0.05, 0) is 12.1 Å². The normalized spacial score (nSPS) is 14.7. The van der Waals surface area contributed by atoms with E-state index in [1.807, 2.05) is 24.3 Å². The Morgan fingerprint density at radius 1 is 1.20 bits per heavy atom. The molecule has 0 saturated carbocycles. The van der Waals surface area contributed by atoms with Crippen molar-refractivity contribution in [2.24, 2.45) is 0 Å². The molecule has 7 nitrogen and oxygen atoms in total. The summed E-state index contributed by atoms with van der Waals surface area (Å²) in [6.45, 7) is 2.91. The van der Waals surface area contributed by atoms with Crippen LogP contribution in [0.25, 0.3) is 5.69 Å². The minimum atomic E-state index is -0.433. The van der Waals surface area contributed by atoms with Crippen LogP contribution in [0.4, 0.5) is 5.69 Å². The van der Waals surface area contributed by atoms with Crippen molar-refractivity contribution in [1.29, 1.82) is 0 Å². The van der Waals surface area contributed by atoms with E-state index in [0.29, 0.717) is 13.2 Å². The van der Waals surface area contributed by atoms with Gasteiger partial charge in [0.25, 0.3) is 0 Å². The lowest BCUT2D eigenvalue weighted by molar-refractivity contribution is 0.103. The van der Waals surface area contributed by atoms with Crippen LogP contribution in [0.15, 0.2) is 53.6 Å². The average molecular weight is 340 g/mol. The standard InChI is InChI=1S/C18H20N4O3/c1-19-8-6-16(23)18-17(24)7-9-22(20-18)15-5-3-2-4-14(15)21-10-12-25-13-11-21/h2-9,19H,10-13H2,1H3/b8-6+. The first-order chi connectivity index (χ1) is 12.2. The van der Waals surface area contributed by atoms with Crippen LogP contribution >= 0.6 is 0 Å². The van der Waals surface area contributed by atoms with Gasteiger partial charge in [0.1, 0.15) is 0 Å². The number of benzene rings is 1. The van der Waals surface area contributed by atoms with Crippen LogP contribution in [0, 0.1) is 0 Å². The number of aromatic nitrogens is 2. The molecule has 0 spiro atoms. The van der Waals surface area contributed by atoms with Gasteiger partial charge in [-0.3, -0.25) is 9.59 Å². The number of hydrogen-bond acceptors (Lipinski definition) is 6. The summed E-state index contributed by atoms with van der Waals surface area (Å²) in [6, 6.07) is 9.15. The smallest absolute Gasteiger partial charge is 0.211 e. The number of carbonyl (C=O) groups excluding carboxylic acids is 1. The lowest BCUT2D eigenvalue weighted by Crippen LogP contribution is -2.37. The molecule has 25 heavy (non-hydrogen) atoms. The molecular weight excluding hydrogens is 320 g/mol. The second kappa shape index (κ2) is 7.76. The van der Waals surface area contributed by atoms with Crippen molar-refractivity contribution >= 4 is 11.5 Å². The van der Waals surface area contributed by atoms with E-state index in [9.17, 15) is 9.59 Å². The van der Waals surface area contributed by atoms with Crippen molar-refractivity contribution in [1.82, 2.24) is 15.1 Å². The zero-order valence-corrected chi connectivity index (χ0v) is 14.0. The molecule has 7 heteroatoms. The van der Waals surface area contributed by atoms with E-state index in [-0.39, 0.29) is 5.69 Å². The summed E-state index contributed by atoms with van der Waals surface area (Å²) < 4.78 is 6.98. The Morgan fingerprint density at radius 3 is 2.64 bits per heavy atom. The molecule has 0 aliphatic carbocycles. The number of hydrogen-bond donors (Lipinski definition) is 1. The van der Waals surface area contributed by atoms with Gasteiger partial charge in [-0.2, -0.15) is 5.10 Å². The lowest BCUT2D eigenvalue weighted by Gasteiger charge is -2.30. The van der Waals surface area contributed by atoms with Crippen molar-refractivity contribution in [3.63, 3.8) is 0 Å². The van der Waals surface area contributed by atoms with E-state index in [2.05, 4.69) is 15.3 Å². The lowest BCUT2D eigenvalue weighted by atomic mass is 10.2. The molecule has 1 N–H and O–H groups in total. The molecule has 2 aromatic rings. The highest BCUT2D eigenvalue weighted by Crippen LogP contribution is 2.24. The summed E-state index contributed by atoms with van der Waals surface area (Å²) in [7, 11) is 1.68. The van der Waals surface area contributed by atoms with Crippen molar-refractivity contribution in [2.75, 3.05) is 38.3 Å². The van der Waals surface area contributed by atoms with Crippen molar-refractivity contribution in [2.45, 2.75) is 0 Å². The molecule has 2 heterocycles. The summed E-state index contributed by atoms with van der Waals surface area (Å²) in [6.07, 6.45) is 4.35. The van der Waals surface area contributed by atoms with Crippen molar-refractivity contribution in [3.05, 3.63) is 64.7 Å². The van der Waals surface area contributed by atoms with Gasteiger partial charge in [-0.15, -0.1) is 0 Å². The number of anilines is 1. The van der Waals surface area contributed by atoms with E-state index in [0.717, 1.165) is 24.5 Å². The highest BCUT2D eigenvalue weighted by molar-refractivity contribution is 6.02. The fourth-order valence-corrected chi connectivity index (χ4v) is 2.68. The number of rotatable bonds is 5. The number of nitrogens with zero attached hydrogens (tertiary/aromatic N) is 3. The number of para-hydroxylation sites is 2. The second-order valence-corrected chi connectivity index (χ2v) is 5.55. The Kier molecular flexibility index (Phi) is 5.25. The maximum absolute atomic E-state index is 12.2. The zero-order chi connectivity index (χ0) is 17.6. The maximum atomic E-state index is 12.2. The third-order valence-corrected chi connectivity index (χ3v) is 3.92. The Balaban J connectivity index is 2.01. The minimum absolute atomic E-state index is 0.106. The van der Waals surface area contributed by atoms with E-state index in [1.165, 1.54) is 18.3 Å². The summed E-state index contributed by atoms with van der Waals surface area (Å²) >= 11 is 0. The van der Waals surface area contributed by atoms with Crippen LogP contribution < -0.4 is 15.6 Å². The van der Waals surface area contributed by atoms with Crippen LogP contribution in [-0.2, 0) is 4.74 Å². The molecule has 0 amide bonds. The highest BCUT2D eigenvalue weighted by Gasteiger charge is 2.17. The second-order valence-electron chi connectivity index (χ2n) is 5.55.